The molecule has 0 fully saturated rings. The van der Waals surface area contributed by atoms with Crippen molar-refractivity contribution in [3.8, 4) is 5.75 Å². The Hall–Kier alpha value is -2.74. The van der Waals surface area contributed by atoms with Crippen molar-refractivity contribution in [2.75, 3.05) is 14.2 Å². The topological polar surface area (TPSA) is 64.6 Å². The van der Waals surface area contributed by atoms with Crippen LogP contribution in [0.1, 0.15) is 21.5 Å². The summed E-state index contributed by atoms with van der Waals surface area (Å²) in [5.41, 5.74) is -0.259. The van der Waals surface area contributed by atoms with E-state index in [0.717, 1.165) is 24.3 Å². The number of carbonyl (C=O) groups excluding carboxylic acids is 2. The predicted octanol–water partition coefficient (Wildman–Crippen LogP) is 3.88. The van der Waals surface area contributed by atoms with Crippen LogP contribution < -0.4 is 10.1 Å². The molecule has 0 heterocycles. The Bertz CT molecular complexity index is 853. The molecule has 0 aromatic heterocycles. The third kappa shape index (κ3) is 5.39. The SMILES string of the molecule is COC(=O)[C@H](Cc1ccc(OC)c(Cl)c1)NC(=O)c1ccc(C(F)(F)F)cc1. The van der Waals surface area contributed by atoms with Crippen LogP contribution in [0.4, 0.5) is 13.2 Å². The van der Waals surface area contributed by atoms with E-state index < -0.39 is 29.7 Å². The van der Waals surface area contributed by atoms with Gasteiger partial charge in [-0.25, -0.2) is 4.79 Å². The van der Waals surface area contributed by atoms with Gasteiger partial charge in [0.05, 0.1) is 24.8 Å². The maximum atomic E-state index is 12.6. The van der Waals surface area contributed by atoms with Crippen molar-refractivity contribution < 1.29 is 32.2 Å². The number of carbonyl (C=O) groups is 2. The minimum atomic E-state index is -4.50. The van der Waals surface area contributed by atoms with Crippen molar-refractivity contribution in [1.82, 2.24) is 5.32 Å². The number of hydrogen-bond acceptors (Lipinski definition) is 4. The summed E-state index contributed by atoms with van der Waals surface area (Å²) in [7, 11) is 2.63. The van der Waals surface area contributed by atoms with Crippen LogP contribution in [0, 0.1) is 0 Å². The highest BCUT2D eigenvalue weighted by molar-refractivity contribution is 6.32. The lowest BCUT2D eigenvalue weighted by Gasteiger charge is -2.17. The van der Waals surface area contributed by atoms with E-state index >= 15 is 0 Å². The number of halogens is 4. The molecule has 0 aliphatic rings. The lowest BCUT2D eigenvalue weighted by Crippen LogP contribution is -2.43. The summed E-state index contributed by atoms with van der Waals surface area (Å²) in [5.74, 6) is -0.954. The van der Waals surface area contributed by atoms with Crippen LogP contribution >= 0.6 is 11.6 Å². The Labute approximate surface area is 164 Å². The summed E-state index contributed by atoms with van der Waals surface area (Å²) < 4.78 is 47.6. The molecular weight excluding hydrogens is 399 g/mol. The maximum Gasteiger partial charge on any atom is 0.416 e. The first kappa shape index (κ1) is 21.6. The Morgan fingerprint density at radius 3 is 2.25 bits per heavy atom. The zero-order valence-electron chi connectivity index (χ0n) is 15.0. The van der Waals surface area contributed by atoms with E-state index in [1.54, 1.807) is 18.2 Å². The highest BCUT2D eigenvalue weighted by Gasteiger charge is 2.30. The van der Waals surface area contributed by atoms with Gasteiger partial charge in [0, 0.05) is 12.0 Å². The summed E-state index contributed by atoms with van der Waals surface area (Å²) in [4.78, 5) is 24.4. The second-order valence-corrected chi connectivity index (χ2v) is 6.20. The summed E-state index contributed by atoms with van der Waals surface area (Å²) in [5, 5.41) is 2.80. The molecule has 28 heavy (non-hydrogen) atoms. The first-order chi connectivity index (χ1) is 13.2. The number of rotatable bonds is 6. The van der Waals surface area contributed by atoms with E-state index in [-0.39, 0.29) is 12.0 Å². The standard InChI is InChI=1S/C19H17ClF3NO4/c1-27-16-8-3-11(9-14(16)20)10-15(18(26)28-2)24-17(25)12-4-6-13(7-5-12)19(21,22)23/h3-9,15H,10H2,1-2H3,(H,24,25)/t15-/m0/s1. The quantitative estimate of drug-likeness (QED) is 0.727. The number of benzene rings is 2. The van der Waals surface area contributed by atoms with Gasteiger partial charge in [-0.1, -0.05) is 17.7 Å². The van der Waals surface area contributed by atoms with E-state index in [1.807, 2.05) is 0 Å². The van der Waals surface area contributed by atoms with Crippen LogP contribution in [0.15, 0.2) is 42.5 Å². The predicted molar refractivity (Wildman–Crippen MR) is 96.4 cm³/mol. The second kappa shape index (κ2) is 8.97. The maximum absolute atomic E-state index is 12.6. The van der Waals surface area contributed by atoms with Crippen LogP contribution in [0.2, 0.25) is 5.02 Å². The average molecular weight is 416 g/mol. The zero-order chi connectivity index (χ0) is 20.9. The van der Waals surface area contributed by atoms with Gasteiger partial charge in [0.1, 0.15) is 11.8 Å². The van der Waals surface area contributed by atoms with Crippen LogP contribution in [0.25, 0.3) is 0 Å². The third-order valence-corrected chi connectivity index (χ3v) is 4.22. The van der Waals surface area contributed by atoms with Crippen LogP contribution in [-0.4, -0.2) is 32.1 Å². The highest BCUT2D eigenvalue weighted by atomic mass is 35.5. The first-order valence-corrected chi connectivity index (χ1v) is 8.42. The molecule has 2 rings (SSSR count). The number of hydrogen-bond donors (Lipinski definition) is 1. The molecule has 0 spiro atoms. The minimum Gasteiger partial charge on any atom is -0.495 e. The number of alkyl halides is 3. The number of nitrogens with one attached hydrogen (secondary N) is 1. The van der Waals surface area contributed by atoms with Crippen molar-refractivity contribution in [1.29, 1.82) is 0 Å². The van der Waals surface area contributed by atoms with Crippen LogP contribution in [0.3, 0.4) is 0 Å². The fraction of sp³-hybridized carbons (Fsp3) is 0.263. The molecule has 1 amide bonds. The van der Waals surface area contributed by atoms with Gasteiger partial charge in [0.15, 0.2) is 0 Å². The summed E-state index contributed by atoms with van der Waals surface area (Å²) in [6.07, 6.45) is -4.43. The van der Waals surface area contributed by atoms with Gasteiger partial charge < -0.3 is 14.8 Å². The lowest BCUT2D eigenvalue weighted by molar-refractivity contribution is -0.142. The fourth-order valence-electron chi connectivity index (χ4n) is 2.46. The van der Waals surface area contributed by atoms with Crippen LogP contribution in [0.5, 0.6) is 5.75 Å². The smallest absolute Gasteiger partial charge is 0.416 e. The summed E-state index contributed by atoms with van der Waals surface area (Å²) in [6, 6.07) is 7.49. The third-order valence-electron chi connectivity index (χ3n) is 3.92. The molecule has 2 aromatic rings. The molecule has 9 heteroatoms. The molecule has 0 radical (unpaired) electrons. The highest BCUT2D eigenvalue weighted by Crippen LogP contribution is 2.29. The Kier molecular flexibility index (Phi) is 6.90. The van der Waals surface area contributed by atoms with Crippen molar-refractivity contribution in [3.05, 3.63) is 64.2 Å². The molecule has 0 saturated heterocycles. The molecule has 0 saturated carbocycles. The monoisotopic (exact) mass is 415 g/mol. The number of esters is 1. The minimum absolute atomic E-state index is 0.0188. The van der Waals surface area contributed by atoms with Gasteiger partial charge in [-0.3, -0.25) is 4.79 Å². The Balaban J connectivity index is 2.16. The molecule has 1 atom stereocenters. The molecule has 0 unspecified atom stereocenters. The van der Waals surface area contributed by atoms with E-state index in [9.17, 15) is 22.8 Å². The van der Waals surface area contributed by atoms with Gasteiger partial charge >= 0.3 is 12.1 Å². The largest absolute Gasteiger partial charge is 0.495 e. The van der Waals surface area contributed by atoms with Crippen molar-refractivity contribution in [2.24, 2.45) is 0 Å². The van der Waals surface area contributed by atoms with Gasteiger partial charge in [-0.05, 0) is 42.0 Å². The lowest BCUT2D eigenvalue weighted by atomic mass is 10.0. The molecule has 5 nitrogen and oxygen atoms in total. The molecule has 2 aromatic carbocycles. The van der Waals surface area contributed by atoms with E-state index in [4.69, 9.17) is 21.1 Å². The molecule has 150 valence electrons. The molecular formula is C19H17ClF3NO4. The van der Waals surface area contributed by atoms with Crippen molar-refractivity contribution in [3.63, 3.8) is 0 Å². The second-order valence-electron chi connectivity index (χ2n) is 5.80. The molecule has 1 N–H and O–H groups in total. The van der Waals surface area contributed by atoms with E-state index in [1.165, 1.54) is 14.2 Å². The molecule has 0 bridgehead atoms. The number of methoxy groups -OCH3 is 2. The van der Waals surface area contributed by atoms with Crippen molar-refractivity contribution >= 4 is 23.5 Å². The van der Waals surface area contributed by atoms with Gasteiger partial charge in [0.25, 0.3) is 5.91 Å². The average Bonchev–Trinajstić information content (AvgIpc) is 2.66. The van der Waals surface area contributed by atoms with E-state index in [0.29, 0.717) is 16.3 Å². The summed E-state index contributed by atoms with van der Waals surface area (Å²) >= 11 is 6.06. The van der Waals surface area contributed by atoms with E-state index in [2.05, 4.69) is 5.32 Å². The van der Waals surface area contributed by atoms with Gasteiger partial charge in [0.2, 0.25) is 0 Å². The Morgan fingerprint density at radius 2 is 1.75 bits per heavy atom. The van der Waals surface area contributed by atoms with Gasteiger partial charge in [-0.2, -0.15) is 13.2 Å². The molecule has 0 aliphatic carbocycles. The Morgan fingerprint density at radius 1 is 1.11 bits per heavy atom. The fourth-order valence-corrected chi connectivity index (χ4v) is 2.74. The molecule has 0 aliphatic heterocycles. The number of amides is 1. The zero-order valence-corrected chi connectivity index (χ0v) is 15.7. The number of ether oxygens (including phenoxy) is 2. The normalized spacial score (nSPS) is 12.2. The van der Waals surface area contributed by atoms with Gasteiger partial charge in [-0.15, -0.1) is 0 Å². The first-order valence-electron chi connectivity index (χ1n) is 8.04. The van der Waals surface area contributed by atoms with Crippen LogP contribution in [-0.2, 0) is 22.1 Å². The van der Waals surface area contributed by atoms with Crippen molar-refractivity contribution in [2.45, 2.75) is 18.6 Å². The summed E-state index contributed by atoms with van der Waals surface area (Å²) in [6.45, 7) is 0.